The second kappa shape index (κ2) is 10.1. The van der Waals surface area contributed by atoms with Crippen LogP contribution in [0.3, 0.4) is 0 Å². The molecular weight excluding hydrogens is 276 g/mol. The highest BCUT2D eigenvalue weighted by Crippen LogP contribution is 2.17. The molecule has 0 heterocycles. The number of hydrogen-bond acceptors (Lipinski definition) is 3. The Morgan fingerprint density at radius 3 is 2.14 bits per heavy atom. The van der Waals surface area contributed by atoms with Crippen molar-refractivity contribution in [3.05, 3.63) is 0 Å². The van der Waals surface area contributed by atoms with E-state index in [-0.39, 0.29) is 11.6 Å². The van der Waals surface area contributed by atoms with Gasteiger partial charge in [-0.15, -0.1) is 0 Å². The van der Waals surface area contributed by atoms with Crippen molar-refractivity contribution in [2.45, 2.75) is 104 Å². The minimum absolute atomic E-state index is 0.235. The number of amides is 1. The highest BCUT2D eigenvalue weighted by molar-refractivity contribution is 5.68. The molecule has 2 N–H and O–H groups in total. The molecule has 0 aliphatic carbocycles. The van der Waals surface area contributed by atoms with Gasteiger partial charge in [-0.25, -0.2) is 4.79 Å². The van der Waals surface area contributed by atoms with Crippen LogP contribution in [-0.2, 0) is 4.74 Å². The Morgan fingerprint density at radius 2 is 1.68 bits per heavy atom. The third-order valence-corrected chi connectivity index (χ3v) is 4.15. The normalized spacial score (nSPS) is 13.8. The first-order valence-corrected chi connectivity index (χ1v) is 8.92. The van der Waals surface area contributed by atoms with Crippen molar-refractivity contribution in [3.63, 3.8) is 0 Å². The number of rotatable bonds is 10. The fourth-order valence-corrected chi connectivity index (χ4v) is 2.41. The average molecular weight is 315 g/mol. The van der Waals surface area contributed by atoms with Gasteiger partial charge in [0.25, 0.3) is 0 Å². The summed E-state index contributed by atoms with van der Waals surface area (Å²) in [5, 5.41) is 6.67. The predicted molar refractivity (Wildman–Crippen MR) is 94.3 cm³/mol. The van der Waals surface area contributed by atoms with E-state index >= 15 is 0 Å². The Kier molecular flexibility index (Phi) is 9.74. The molecule has 0 saturated carbocycles. The second-order valence-corrected chi connectivity index (χ2v) is 7.39. The summed E-state index contributed by atoms with van der Waals surface area (Å²) in [6.45, 7) is 15.1. The lowest BCUT2D eigenvalue weighted by atomic mass is 9.92. The first-order valence-electron chi connectivity index (χ1n) is 8.92. The molecule has 0 saturated heterocycles. The van der Waals surface area contributed by atoms with E-state index in [4.69, 9.17) is 4.74 Å². The zero-order valence-corrected chi connectivity index (χ0v) is 15.8. The average Bonchev–Trinajstić information content (AvgIpc) is 2.42. The molecule has 0 aliphatic heterocycles. The molecule has 0 aromatic heterocycles. The number of ether oxygens (including phenoxy) is 1. The van der Waals surface area contributed by atoms with E-state index in [0.717, 1.165) is 19.4 Å². The van der Waals surface area contributed by atoms with E-state index in [0.29, 0.717) is 6.04 Å². The van der Waals surface area contributed by atoms with Gasteiger partial charge in [0.2, 0.25) is 0 Å². The molecule has 0 spiro atoms. The Labute approximate surface area is 137 Å². The second-order valence-electron chi connectivity index (χ2n) is 7.39. The zero-order chi connectivity index (χ0) is 17.2. The summed E-state index contributed by atoms with van der Waals surface area (Å²) in [6, 6.07) is 0.476. The number of carbonyl (C=O) groups excluding carboxylic acids is 1. The molecule has 0 aliphatic rings. The first kappa shape index (κ1) is 21.2. The highest BCUT2D eigenvalue weighted by Gasteiger charge is 2.30. The van der Waals surface area contributed by atoms with Crippen molar-refractivity contribution in [1.82, 2.24) is 10.6 Å². The lowest BCUT2D eigenvalue weighted by Gasteiger charge is -2.35. The highest BCUT2D eigenvalue weighted by atomic mass is 16.6. The molecule has 0 bridgehead atoms. The maximum Gasteiger partial charge on any atom is 0.408 e. The van der Waals surface area contributed by atoms with Crippen LogP contribution in [0, 0.1) is 0 Å². The van der Waals surface area contributed by atoms with Gasteiger partial charge >= 0.3 is 6.09 Å². The number of carbonyl (C=O) groups is 1. The van der Waals surface area contributed by atoms with Gasteiger partial charge in [0.1, 0.15) is 5.60 Å². The summed E-state index contributed by atoms with van der Waals surface area (Å²) in [6.07, 6.45) is 6.43. The summed E-state index contributed by atoms with van der Waals surface area (Å²) in [5.41, 5.74) is -0.695. The Bertz CT molecular complexity index is 307. The van der Waals surface area contributed by atoms with Crippen LogP contribution in [0.2, 0.25) is 0 Å². The maximum absolute atomic E-state index is 12.1. The van der Waals surface area contributed by atoms with Gasteiger partial charge in [-0.2, -0.15) is 0 Å². The molecule has 1 amide bonds. The third kappa shape index (κ3) is 9.29. The van der Waals surface area contributed by atoms with E-state index in [1.54, 1.807) is 0 Å². The van der Waals surface area contributed by atoms with E-state index in [2.05, 4.69) is 38.3 Å². The quantitative estimate of drug-likeness (QED) is 0.578. The van der Waals surface area contributed by atoms with Gasteiger partial charge in [-0.05, 0) is 47.0 Å². The monoisotopic (exact) mass is 314 g/mol. The molecule has 0 aromatic rings. The Morgan fingerprint density at radius 1 is 1.09 bits per heavy atom. The van der Waals surface area contributed by atoms with Gasteiger partial charge in [-0.1, -0.05) is 40.0 Å². The fraction of sp³-hybridized carbons (Fsp3) is 0.944. The van der Waals surface area contributed by atoms with Crippen LogP contribution in [0.15, 0.2) is 0 Å². The zero-order valence-electron chi connectivity index (χ0n) is 15.8. The van der Waals surface area contributed by atoms with Gasteiger partial charge in [-0.3, -0.25) is 0 Å². The SMILES string of the molecule is CCCCCC(C)NCC(CC)(CC)NC(=O)OC(C)(C)C. The van der Waals surface area contributed by atoms with Crippen molar-refractivity contribution in [2.75, 3.05) is 6.54 Å². The standard InChI is InChI=1S/C18H38N2O2/c1-8-11-12-13-15(4)19-14-18(9-2,10-3)20-16(21)22-17(5,6)7/h15,19H,8-14H2,1-7H3,(H,20,21). The van der Waals surface area contributed by atoms with Crippen LogP contribution >= 0.6 is 0 Å². The lowest BCUT2D eigenvalue weighted by molar-refractivity contribution is 0.0444. The summed E-state index contributed by atoms with van der Waals surface area (Å²) < 4.78 is 5.41. The van der Waals surface area contributed by atoms with Crippen LogP contribution < -0.4 is 10.6 Å². The van der Waals surface area contributed by atoms with Crippen molar-refractivity contribution in [2.24, 2.45) is 0 Å². The van der Waals surface area contributed by atoms with E-state index in [9.17, 15) is 4.79 Å². The van der Waals surface area contributed by atoms with Gasteiger partial charge < -0.3 is 15.4 Å². The first-order chi connectivity index (χ1) is 10.2. The molecule has 132 valence electrons. The fourth-order valence-electron chi connectivity index (χ4n) is 2.41. The van der Waals surface area contributed by atoms with Gasteiger partial charge in [0.05, 0.1) is 5.54 Å². The molecule has 0 fully saturated rings. The number of unbranched alkanes of at least 4 members (excludes halogenated alkanes) is 2. The summed E-state index contributed by atoms with van der Waals surface area (Å²) >= 11 is 0. The van der Waals surface area contributed by atoms with Crippen LogP contribution in [0.1, 0.15) is 87.0 Å². The number of alkyl carbamates (subject to hydrolysis) is 1. The van der Waals surface area contributed by atoms with Crippen LogP contribution in [0.25, 0.3) is 0 Å². The van der Waals surface area contributed by atoms with Crippen LogP contribution in [0.5, 0.6) is 0 Å². The topological polar surface area (TPSA) is 50.4 Å². The molecule has 0 aromatic carbocycles. The van der Waals surface area contributed by atoms with Crippen molar-refractivity contribution in [1.29, 1.82) is 0 Å². The largest absolute Gasteiger partial charge is 0.444 e. The van der Waals surface area contributed by atoms with Crippen LogP contribution in [-0.4, -0.2) is 29.8 Å². The van der Waals surface area contributed by atoms with Crippen molar-refractivity contribution < 1.29 is 9.53 Å². The van der Waals surface area contributed by atoms with Crippen molar-refractivity contribution >= 4 is 6.09 Å². The number of nitrogens with one attached hydrogen (secondary N) is 2. The van der Waals surface area contributed by atoms with E-state index in [1.165, 1.54) is 25.7 Å². The molecule has 4 heteroatoms. The summed E-state index contributed by atoms with van der Waals surface area (Å²) in [7, 11) is 0. The summed E-state index contributed by atoms with van der Waals surface area (Å²) in [5.74, 6) is 0. The molecule has 0 rings (SSSR count). The minimum Gasteiger partial charge on any atom is -0.444 e. The third-order valence-electron chi connectivity index (χ3n) is 4.15. The molecule has 1 atom stereocenters. The Balaban J connectivity index is 4.46. The Hall–Kier alpha value is -0.770. The predicted octanol–water partition coefficient (Wildman–Crippen LogP) is 4.63. The molecule has 4 nitrogen and oxygen atoms in total. The number of hydrogen-bond donors (Lipinski definition) is 2. The minimum atomic E-state index is -0.460. The smallest absolute Gasteiger partial charge is 0.408 e. The van der Waals surface area contributed by atoms with E-state index in [1.807, 2.05) is 20.8 Å². The molecule has 1 unspecified atom stereocenters. The molecule has 0 radical (unpaired) electrons. The van der Waals surface area contributed by atoms with Gasteiger partial charge in [0, 0.05) is 12.6 Å². The molecular formula is C18H38N2O2. The lowest BCUT2D eigenvalue weighted by Crippen LogP contribution is -2.56. The van der Waals surface area contributed by atoms with Crippen LogP contribution in [0.4, 0.5) is 4.79 Å². The maximum atomic E-state index is 12.1. The van der Waals surface area contributed by atoms with Gasteiger partial charge in [0.15, 0.2) is 0 Å². The molecule has 22 heavy (non-hydrogen) atoms. The summed E-state index contributed by atoms with van der Waals surface area (Å²) in [4.78, 5) is 12.1. The van der Waals surface area contributed by atoms with E-state index < -0.39 is 5.60 Å². The van der Waals surface area contributed by atoms with Crippen molar-refractivity contribution in [3.8, 4) is 0 Å².